The van der Waals surface area contributed by atoms with Crippen LogP contribution in [0.25, 0.3) is 0 Å². The Morgan fingerprint density at radius 2 is 1.89 bits per heavy atom. The Morgan fingerprint density at radius 1 is 1.21 bits per heavy atom. The van der Waals surface area contributed by atoms with Gasteiger partial charge in [-0.25, -0.2) is 0 Å². The molecule has 0 aromatic heterocycles. The number of hydrogen-bond acceptors (Lipinski definition) is 5. The van der Waals surface area contributed by atoms with Gasteiger partial charge in [0, 0.05) is 18.7 Å². The molecule has 1 aromatic rings. The predicted molar refractivity (Wildman–Crippen MR) is 73.8 cm³/mol. The Bertz CT molecular complexity index is 420. The van der Waals surface area contributed by atoms with Gasteiger partial charge in [0.15, 0.2) is 0 Å². The van der Waals surface area contributed by atoms with Crippen LogP contribution in [-0.2, 0) is 6.54 Å². The van der Waals surface area contributed by atoms with Crippen molar-refractivity contribution in [3.8, 4) is 11.5 Å². The maximum Gasteiger partial charge on any atom is 0.126 e. The highest BCUT2D eigenvalue weighted by Crippen LogP contribution is 2.33. The molecule has 0 amide bonds. The van der Waals surface area contributed by atoms with Gasteiger partial charge in [-0.3, -0.25) is 0 Å². The van der Waals surface area contributed by atoms with Crippen molar-refractivity contribution in [3.63, 3.8) is 0 Å². The Morgan fingerprint density at radius 3 is 2.42 bits per heavy atom. The summed E-state index contributed by atoms with van der Waals surface area (Å²) in [5, 5.41) is 21.1. The first kappa shape index (κ1) is 15.8. The van der Waals surface area contributed by atoms with Gasteiger partial charge in [0.25, 0.3) is 0 Å². The number of aliphatic hydroxyl groups is 2. The largest absolute Gasteiger partial charge is 0.496 e. The second-order valence-corrected chi connectivity index (χ2v) is 4.49. The molecule has 0 radical (unpaired) electrons. The van der Waals surface area contributed by atoms with Gasteiger partial charge in [-0.2, -0.15) is 0 Å². The van der Waals surface area contributed by atoms with Gasteiger partial charge in [0.1, 0.15) is 11.5 Å². The smallest absolute Gasteiger partial charge is 0.126 e. The number of benzene rings is 1. The Hall–Kier alpha value is -1.30. The third-order valence-electron chi connectivity index (χ3n) is 3.20. The maximum absolute atomic E-state index is 9.29. The average molecular weight is 269 g/mol. The van der Waals surface area contributed by atoms with Crippen LogP contribution < -0.4 is 14.8 Å². The average Bonchev–Trinajstić information content (AvgIpc) is 2.42. The summed E-state index contributed by atoms with van der Waals surface area (Å²) in [7, 11) is 3.28. The molecule has 1 aromatic carbocycles. The number of methoxy groups -OCH3 is 2. The normalized spacial score (nSPS) is 12.3. The van der Waals surface area contributed by atoms with Crippen LogP contribution in [0.15, 0.2) is 6.07 Å². The highest BCUT2D eigenvalue weighted by molar-refractivity contribution is 5.52. The van der Waals surface area contributed by atoms with E-state index in [-0.39, 0.29) is 6.61 Å². The van der Waals surface area contributed by atoms with E-state index in [0.717, 1.165) is 28.2 Å². The van der Waals surface area contributed by atoms with Gasteiger partial charge >= 0.3 is 0 Å². The first-order valence-electron chi connectivity index (χ1n) is 6.25. The third kappa shape index (κ3) is 3.83. The van der Waals surface area contributed by atoms with E-state index >= 15 is 0 Å². The van der Waals surface area contributed by atoms with Crippen LogP contribution in [0.1, 0.15) is 16.7 Å². The topological polar surface area (TPSA) is 71.0 Å². The molecule has 5 heteroatoms. The van der Waals surface area contributed by atoms with E-state index in [4.69, 9.17) is 14.6 Å². The molecule has 19 heavy (non-hydrogen) atoms. The number of ether oxygens (including phenoxy) is 2. The van der Waals surface area contributed by atoms with Crippen molar-refractivity contribution >= 4 is 0 Å². The lowest BCUT2D eigenvalue weighted by Crippen LogP contribution is -2.29. The zero-order valence-electron chi connectivity index (χ0n) is 12.0. The molecule has 5 nitrogen and oxygen atoms in total. The lowest BCUT2D eigenvalue weighted by Gasteiger charge is -2.17. The van der Waals surface area contributed by atoms with Crippen molar-refractivity contribution in [2.45, 2.75) is 26.5 Å². The maximum atomic E-state index is 9.29. The number of aliphatic hydroxyl groups excluding tert-OH is 2. The molecule has 0 saturated heterocycles. The molecule has 0 aliphatic rings. The van der Waals surface area contributed by atoms with Crippen molar-refractivity contribution in [3.05, 3.63) is 22.8 Å². The standard InChI is InChI=1S/C14H23NO4/c1-9-10(2)14(19-4)11(5-13(9)18-3)6-15-7-12(17)8-16/h5,12,15-17H,6-8H2,1-4H3. The minimum Gasteiger partial charge on any atom is -0.496 e. The Kier molecular flexibility index (Phi) is 6.08. The Labute approximate surface area is 114 Å². The highest BCUT2D eigenvalue weighted by Gasteiger charge is 2.13. The second kappa shape index (κ2) is 7.33. The van der Waals surface area contributed by atoms with Crippen molar-refractivity contribution in [1.29, 1.82) is 0 Å². The quantitative estimate of drug-likeness (QED) is 0.682. The van der Waals surface area contributed by atoms with Gasteiger partial charge < -0.3 is 25.0 Å². The van der Waals surface area contributed by atoms with Gasteiger partial charge in [-0.1, -0.05) is 0 Å². The minimum atomic E-state index is -0.751. The molecule has 0 bridgehead atoms. The fourth-order valence-electron chi connectivity index (χ4n) is 1.99. The van der Waals surface area contributed by atoms with Crippen LogP contribution >= 0.6 is 0 Å². The summed E-state index contributed by atoms with van der Waals surface area (Å²) in [6, 6.07) is 1.93. The van der Waals surface area contributed by atoms with E-state index in [9.17, 15) is 5.11 Å². The Balaban J connectivity index is 2.89. The van der Waals surface area contributed by atoms with E-state index in [1.807, 2.05) is 19.9 Å². The molecule has 108 valence electrons. The molecule has 0 saturated carbocycles. The molecule has 0 heterocycles. The first-order valence-corrected chi connectivity index (χ1v) is 6.25. The van der Waals surface area contributed by atoms with Crippen LogP contribution in [-0.4, -0.2) is 43.7 Å². The van der Waals surface area contributed by atoms with Crippen molar-refractivity contribution < 1.29 is 19.7 Å². The van der Waals surface area contributed by atoms with Gasteiger partial charge in [0.2, 0.25) is 0 Å². The first-order chi connectivity index (χ1) is 9.04. The summed E-state index contributed by atoms with van der Waals surface area (Å²) in [5.74, 6) is 1.64. The molecule has 3 N–H and O–H groups in total. The molecule has 1 unspecified atom stereocenters. The van der Waals surface area contributed by atoms with E-state index < -0.39 is 6.10 Å². The SMILES string of the molecule is COc1cc(CNCC(O)CO)c(OC)c(C)c1C. The van der Waals surface area contributed by atoms with Crippen LogP contribution in [0.3, 0.4) is 0 Å². The van der Waals surface area contributed by atoms with Crippen molar-refractivity contribution in [1.82, 2.24) is 5.32 Å². The molecule has 0 aliphatic heterocycles. The fourth-order valence-corrected chi connectivity index (χ4v) is 1.99. The zero-order valence-corrected chi connectivity index (χ0v) is 12.0. The number of rotatable bonds is 7. The highest BCUT2D eigenvalue weighted by atomic mass is 16.5. The van der Waals surface area contributed by atoms with Crippen LogP contribution in [0, 0.1) is 13.8 Å². The molecule has 1 rings (SSSR count). The molecule has 0 fully saturated rings. The van der Waals surface area contributed by atoms with Crippen molar-refractivity contribution in [2.75, 3.05) is 27.4 Å². The van der Waals surface area contributed by atoms with Crippen LogP contribution in [0.4, 0.5) is 0 Å². The molecular formula is C14H23NO4. The van der Waals surface area contributed by atoms with Crippen LogP contribution in [0.5, 0.6) is 11.5 Å². The summed E-state index contributed by atoms with van der Waals surface area (Å²) in [6.45, 7) is 4.60. The molecular weight excluding hydrogens is 246 g/mol. The second-order valence-electron chi connectivity index (χ2n) is 4.49. The molecule has 0 aliphatic carbocycles. The predicted octanol–water partition coefficient (Wildman–Crippen LogP) is 0.763. The van der Waals surface area contributed by atoms with Crippen molar-refractivity contribution in [2.24, 2.45) is 0 Å². The van der Waals surface area contributed by atoms with Gasteiger partial charge in [-0.15, -0.1) is 0 Å². The third-order valence-corrected chi connectivity index (χ3v) is 3.20. The summed E-state index contributed by atoms with van der Waals surface area (Å²) in [6.07, 6.45) is -0.751. The summed E-state index contributed by atoms with van der Waals surface area (Å²) in [5.41, 5.74) is 3.06. The van der Waals surface area contributed by atoms with E-state index in [2.05, 4.69) is 5.32 Å². The molecule has 1 atom stereocenters. The minimum absolute atomic E-state index is 0.250. The lowest BCUT2D eigenvalue weighted by atomic mass is 10.0. The summed E-state index contributed by atoms with van der Waals surface area (Å²) >= 11 is 0. The van der Waals surface area contributed by atoms with Gasteiger partial charge in [-0.05, 0) is 31.0 Å². The zero-order chi connectivity index (χ0) is 14.4. The fraction of sp³-hybridized carbons (Fsp3) is 0.571. The van der Waals surface area contributed by atoms with Crippen LogP contribution in [0.2, 0.25) is 0 Å². The summed E-state index contributed by atoms with van der Waals surface area (Å²) < 4.78 is 10.8. The number of nitrogens with one attached hydrogen (secondary N) is 1. The van der Waals surface area contributed by atoms with E-state index in [1.165, 1.54) is 0 Å². The monoisotopic (exact) mass is 269 g/mol. The van der Waals surface area contributed by atoms with E-state index in [1.54, 1.807) is 14.2 Å². The molecule has 0 spiro atoms. The number of hydrogen-bond donors (Lipinski definition) is 3. The van der Waals surface area contributed by atoms with Gasteiger partial charge in [0.05, 0.1) is 26.9 Å². The summed E-state index contributed by atoms with van der Waals surface area (Å²) in [4.78, 5) is 0. The lowest BCUT2D eigenvalue weighted by molar-refractivity contribution is 0.0942. The van der Waals surface area contributed by atoms with E-state index in [0.29, 0.717) is 13.1 Å².